The van der Waals surface area contributed by atoms with Crippen molar-refractivity contribution in [2.75, 3.05) is 20.1 Å². The molecule has 7 heteroatoms. The van der Waals surface area contributed by atoms with Crippen LogP contribution in [0.2, 0.25) is 0 Å². The number of rotatable bonds is 6. The van der Waals surface area contributed by atoms with E-state index in [0.29, 0.717) is 25.6 Å². The highest BCUT2D eigenvalue weighted by molar-refractivity contribution is 5.83. The second-order valence-corrected chi connectivity index (χ2v) is 9.07. The van der Waals surface area contributed by atoms with Crippen molar-refractivity contribution in [1.29, 1.82) is 0 Å². The van der Waals surface area contributed by atoms with Crippen LogP contribution in [0.4, 0.5) is 0 Å². The minimum atomic E-state index is -0.0393. The van der Waals surface area contributed by atoms with Crippen molar-refractivity contribution in [3.8, 4) is 0 Å². The topological polar surface area (TPSA) is 77.6 Å². The number of carbonyl (C=O) groups is 2. The molecule has 4 rings (SSSR count). The molecule has 3 fully saturated rings. The molecule has 0 aromatic carbocycles. The highest BCUT2D eigenvalue weighted by Crippen LogP contribution is 2.33. The zero-order valence-corrected chi connectivity index (χ0v) is 18.1. The number of nitrogens with zero attached hydrogens (tertiary/aromatic N) is 3. The number of carbonyl (C=O) groups excluding carboxylic acids is 2. The molecule has 164 valence electrons. The fourth-order valence-corrected chi connectivity index (χ4v) is 5.51. The highest BCUT2D eigenvalue weighted by atomic mass is 16.2. The van der Waals surface area contributed by atoms with Gasteiger partial charge >= 0.3 is 0 Å². The molecule has 1 aromatic heterocycles. The van der Waals surface area contributed by atoms with Crippen LogP contribution in [0.25, 0.3) is 0 Å². The van der Waals surface area contributed by atoms with Gasteiger partial charge in [-0.25, -0.2) is 0 Å². The Morgan fingerprint density at radius 2 is 2.10 bits per heavy atom. The monoisotopic (exact) mass is 413 g/mol. The van der Waals surface area contributed by atoms with Gasteiger partial charge in [-0.2, -0.15) is 0 Å². The van der Waals surface area contributed by atoms with Gasteiger partial charge in [-0.1, -0.05) is 25.3 Å². The smallest absolute Gasteiger partial charge is 0.239 e. The number of likely N-dealkylation sites (N-methyl/N-ethyl adjacent to an activating group) is 1. The fraction of sp³-hybridized carbons (Fsp3) is 0.696. The number of hydrogen-bond acceptors (Lipinski definition) is 5. The maximum absolute atomic E-state index is 13.0. The molecule has 2 aliphatic heterocycles. The number of fused-ring (bicyclic) bond motifs is 1. The molecule has 0 radical (unpaired) electrons. The number of pyridine rings is 1. The Morgan fingerprint density at radius 3 is 2.87 bits per heavy atom. The van der Waals surface area contributed by atoms with Crippen molar-refractivity contribution in [1.82, 2.24) is 25.4 Å². The molecule has 0 bridgehead atoms. The van der Waals surface area contributed by atoms with Crippen molar-refractivity contribution in [3.05, 3.63) is 30.1 Å². The first-order chi connectivity index (χ1) is 14.6. The van der Waals surface area contributed by atoms with Gasteiger partial charge in [-0.05, 0) is 44.4 Å². The second kappa shape index (κ2) is 9.88. The number of nitrogens with one attached hydrogen (secondary N) is 2. The molecule has 7 nitrogen and oxygen atoms in total. The summed E-state index contributed by atoms with van der Waals surface area (Å²) in [6, 6.07) is 4.79. The van der Waals surface area contributed by atoms with E-state index in [0.717, 1.165) is 24.9 Å². The average molecular weight is 414 g/mol. The average Bonchev–Trinajstić information content (AvgIpc) is 3.19. The van der Waals surface area contributed by atoms with Gasteiger partial charge in [0.1, 0.15) is 6.04 Å². The molecule has 0 spiro atoms. The SMILES string of the molecule is CN1C(CCC(=O)NCc2cccnc2)CNC(=O)C2C1CCN2C1CCCCC1. The molecule has 3 heterocycles. The first-order valence-electron chi connectivity index (χ1n) is 11.5. The van der Waals surface area contributed by atoms with Crippen LogP contribution in [0.5, 0.6) is 0 Å². The van der Waals surface area contributed by atoms with Gasteiger partial charge in [0.2, 0.25) is 11.8 Å². The van der Waals surface area contributed by atoms with Crippen molar-refractivity contribution in [3.63, 3.8) is 0 Å². The molecule has 1 aromatic rings. The second-order valence-electron chi connectivity index (χ2n) is 9.07. The summed E-state index contributed by atoms with van der Waals surface area (Å²) in [5.74, 6) is 0.230. The minimum Gasteiger partial charge on any atom is -0.353 e. The molecule has 2 saturated heterocycles. The van der Waals surface area contributed by atoms with Gasteiger partial charge in [0.25, 0.3) is 0 Å². The summed E-state index contributed by atoms with van der Waals surface area (Å²) < 4.78 is 0. The van der Waals surface area contributed by atoms with Crippen LogP contribution in [-0.4, -0.2) is 70.9 Å². The number of aromatic nitrogens is 1. The van der Waals surface area contributed by atoms with Gasteiger partial charge < -0.3 is 10.6 Å². The van der Waals surface area contributed by atoms with Crippen LogP contribution in [0, 0.1) is 0 Å². The first-order valence-corrected chi connectivity index (χ1v) is 11.5. The lowest BCUT2D eigenvalue weighted by molar-refractivity contribution is -0.127. The zero-order valence-electron chi connectivity index (χ0n) is 18.1. The number of hydrogen-bond donors (Lipinski definition) is 2. The maximum atomic E-state index is 13.0. The standard InChI is InChI=1S/C23H35N5O2/c1-27-19(9-10-21(29)25-15-17-6-5-12-24-14-17)16-26-23(30)22-20(27)11-13-28(22)18-7-3-2-4-8-18/h5-6,12,14,18-20,22H,2-4,7-11,13,15-16H2,1H3,(H,25,29)(H,26,30). The Kier molecular flexibility index (Phi) is 7.00. The van der Waals surface area contributed by atoms with Crippen LogP contribution < -0.4 is 10.6 Å². The summed E-state index contributed by atoms with van der Waals surface area (Å²) in [5, 5.41) is 6.17. The van der Waals surface area contributed by atoms with Crippen LogP contribution in [-0.2, 0) is 16.1 Å². The summed E-state index contributed by atoms with van der Waals surface area (Å²) in [6.07, 6.45) is 12.1. The molecule has 30 heavy (non-hydrogen) atoms. The Hall–Kier alpha value is -1.99. The molecule has 3 aliphatic rings. The molecular weight excluding hydrogens is 378 g/mol. The minimum absolute atomic E-state index is 0.0393. The molecule has 2 N–H and O–H groups in total. The summed E-state index contributed by atoms with van der Waals surface area (Å²) in [6.45, 7) is 2.14. The lowest BCUT2D eigenvalue weighted by Gasteiger charge is -2.37. The van der Waals surface area contributed by atoms with Crippen LogP contribution >= 0.6 is 0 Å². The molecule has 3 atom stereocenters. The van der Waals surface area contributed by atoms with Gasteiger partial charge in [0.05, 0.1) is 0 Å². The first kappa shape index (κ1) is 21.2. The summed E-state index contributed by atoms with van der Waals surface area (Å²) in [7, 11) is 2.14. The zero-order chi connectivity index (χ0) is 20.9. The van der Waals surface area contributed by atoms with E-state index in [9.17, 15) is 9.59 Å². The summed E-state index contributed by atoms with van der Waals surface area (Å²) in [4.78, 5) is 34.3. The third-order valence-corrected chi connectivity index (χ3v) is 7.25. The summed E-state index contributed by atoms with van der Waals surface area (Å²) >= 11 is 0. The van der Waals surface area contributed by atoms with Crippen LogP contribution in [0.1, 0.15) is 56.9 Å². The fourth-order valence-electron chi connectivity index (χ4n) is 5.51. The quantitative estimate of drug-likeness (QED) is 0.742. The van der Waals surface area contributed by atoms with Gasteiger partial charge in [0, 0.05) is 56.6 Å². The molecule has 1 saturated carbocycles. The predicted octanol–water partition coefficient (Wildman–Crippen LogP) is 1.68. The lowest BCUT2D eigenvalue weighted by Crippen LogP contribution is -2.53. The third-order valence-electron chi connectivity index (χ3n) is 7.25. The van der Waals surface area contributed by atoms with E-state index < -0.39 is 0 Å². The Bertz CT molecular complexity index is 722. The van der Waals surface area contributed by atoms with Crippen molar-refractivity contribution in [2.45, 2.75) is 82.1 Å². The highest BCUT2D eigenvalue weighted by Gasteiger charge is 2.47. The van der Waals surface area contributed by atoms with E-state index in [1.165, 1.54) is 32.1 Å². The van der Waals surface area contributed by atoms with Crippen LogP contribution in [0.15, 0.2) is 24.5 Å². The number of amides is 2. The normalized spacial score (nSPS) is 28.6. The molecular formula is C23H35N5O2. The van der Waals surface area contributed by atoms with E-state index in [1.54, 1.807) is 12.4 Å². The van der Waals surface area contributed by atoms with E-state index in [4.69, 9.17) is 0 Å². The maximum Gasteiger partial charge on any atom is 0.239 e. The van der Waals surface area contributed by atoms with E-state index in [-0.39, 0.29) is 29.9 Å². The van der Waals surface area contributed by atoms with Gasteiger partial charge in [-0.15, -0.1) is 0 Å². The third kappa shape index (κ3) is 4.83. The molecule has 3 unspecified atom stereocenters. The van der Waals surface area contributed by atoms with Gasteiger partial charge in [0.15, 0.2) is 0 Å². The van der Waals surface area contributed by atoms with Crippen molar-refractivity contribution in [2.24, 2.45) is 0 Å². The predicted molar refractivity (Wildman–Crippen MR) is 116 cm³/mol. The number of likely N-dealkylation sites (tertiary alicyclic amines) is 1. The van der Waals surface area contributed by atoms with E-state index >= 15 is 0 Å². The van der Waals surface area contributed by atoms with Crippen molar-refractivity contribution >= 4 is 11.8 Å². The van der Waals surface area contributed by atoms with Crippen LogP contribution in [0.3, 0.4) is 0 Å². The Labute approximate surface area is 179 Å². The summed E-state index contributed by atoms with van der Waals surface area (Å²) in [5.41, 5.74) is 1.00. The Morgan fingerprint density at radius 1 is 1.27 bits per heavy atom. The van der Waals surface area contributed by atoms with E-state index in [2.05, 4.69) is 32.5 Å². The van der Waals surface area contributed by atoms with E-state index in [1.807, 2.05) is 12.1 Å². The van der Waals surface area contributed by atoms with Crippen molar-refractivity contribution < 1.29 is 9.59 Å². The largest absolute Gasteiger partial charge is 0.353 e. The van der Waals surface area contributed by atoms with Gasteiger partial charge in [-0.3, -0.25) is 24.4 Å². The molecule has 2 amide bonds. The molecule has 1 aliphatic carbocycles. The Balaban J connectivity index is 1.31. The lowest BCUT2D eigenvalue weighted by atomic mass is 9.93.